The van der Waals surface area contributed by atoms with Crippen LogP contribution in [0, 0.1) is 0 Å². The highest BCUT2D eigenvalue weighted by atomic mass is 35.5. The molecular formula is C15H13ClF3NO. The first kappa shape index (κ1) is 15.7. The van der Waals surface area contributed by atoms with Crippen LogP contribution in [-0.2, 0) is 6.42 Å². The van der Waals surface area contributed by atoms with Crippen LogP contribution in [0.5, 0.6) is 5.75 Å². The van der Waals surface area contributed by atoms with Crippen molar-refractivity contribution in [3.8, 4) is 5.75 Å². The summed E-state index contributed by atoms with van der Waals surface area (Å²) in [5.41, 5.74) is 7.15. The third-order valence-electron chi connectivity index (χ3n) is 2.89. The highest BCUT2D eigenvalue weighted by molar-refractivity contribution is 6.30. The number of nitrogens with two attached hydrogens (primary N) is 1. The van der Waals surface area contributed by atoms with Gasteiger partial charge in [0.2, 0.25) is 0 Å². The van der Waals surface area contributed by atoms with Gasteiger partial charge in [0.25, 0.3) is 0 Å². The molecule has 1 unspecified atom stereocenters. The zero-order valence-corrected chi connectivity index (χ0v) is 11.7. The van der Waals surface area contributed by atoms with Crippen LogP contribution in [0.3, 0.4) is 0 Å². The van der Waals surface area contributed by atoms with E-state index < -0.39 is 12.4 Å². The maximum absolute atomic E-state index is 12.4. The number of halogens is 4. The van der Waals surface area contributed by atoms with Gasteiger partial charge >= 0.3 is 6.36 Å². The maximum atomic E-state index is 12.4. The summed E-state index contributed by atoms with van der Waals surface area (Å²) in [6.07, 6.45) is -4.38. The molecule has 0 amide bonds. The van der Waals surface area contributed by atoms with Crippen molar-refractivity contribution in [2.75, 3.05) is 0 Å². The molecule has 0 saturated heterocycles. The van der Waals surface area contributed by atoms with Crippen molar-refractivity contribution in [3.63, 3.8) is 0 Å². The van der Waals surface area contributed by atoms with E-state index >= 15 is 0 Å². The van der Waals surface area contributed by atoms with Crippen LogP contribution in [-0.4, -0.2) is 6.36 Å². The SMILES string of the molecule is NC(Cc1cccc(Cl)c1)c1ccccc1OC(F)(F)F. The Labute approximate surface area is 125 Å². The smallest absolute Gasteiger partial charge is 0.405 e. The number of alkyl halides is 3. The molecule has 21 heavy (non-hydrogen) atoms. The van der Waals surface area contributed by atoms with E-state index in [1.807, 2.05) is 6.07 Å². The third-order valence-corrected chi connectivity index (χ3v) is 3.12. The average Bonchev–Trinajstić information content (AvgIpc) is 2.37. The molecule has 2 aromatic carbocycles. The van der Waals surface area contributed by atoms with Gasteiger partial charge in [-0.2, -0.15) is 0 Å². The van der Waals surface area contributed by atoms with Crippen LogP contribution >= 0.6 is 11.6 Å². The van der Waals surface area contributed by atoms with Gasteiger partial charge < -0.3 is 10.5 Å². The van der Waals surface area contributed by atoms with Crippen molar-refractivity contribution in [3.05, 3.63) is 64.7 Å². The molecule has 0 radical (unpaired) electrons. The van der Waals surface area contributed by atoms with Crippen LogP contribution in [0.25, 0.3) is 0 Å². The van der Waals surface area contributed by atoms with Gasteiger partial charge in [0, 0.05) is 16.6 Å². The lowest BCUT2D eigenvalue weighted by atomic mass is 9.99. The summed E-state index contributed by atoms with van der Waals surface area (Å²) in [7, 11) is 0. The van der Waals surface area contributed by atoms with Crippen LogP contribution in [0.15, 0.2) is 48.5 Å². The molecule has 0 heterocycles. The molecule has 0 spiro atoms. The standard InChI is InChI=1S/C15H13ClF3NO/c16-11-5-3-4-10(8-11)9-13(20)12-6-1-2-7-14(12)21-15(17,18)19/h1-8,13H,9,20H2. The summed E-state index contributed by atoms with van der Waals surface area (Å²) in [5.74, 6) is -0.278. The monoisotopic (exact) mass is 315 g/mol. The topological polar surface area (TPSA) is 35.2 Å². The normalized spacial score (nSPS) is 13.0. The minimum Gasteiger partial charge on any atom is -0.405 e. The molecule has 0 fully saturated rings. The highest BCUT2D eigenvalue weighted by Crippen LogP contribution is 2.30. The summed E-state index contributed by atoms with van der Waals surface area (Å²) in [6.45, 7) is 0. The molecule has 2 rings (SSSR count). The molecule has 6 heteroatoms. The number of hydrogen-bond acceptors (Lipinski definition) is 2. The van der Waals surface area contributed by atoms with E-state index in [0.29, 0.717) is 17.0 Å². The van der Waals surface area contributed by atoms with Gasteiger partial charge in [-0.1, -0.05) is 41.9 Å². The largest absolute Gasteiger partial charge is 0.573 e. The number of benzene rings is 2. The molecule has 112 valence electrons. The van der Waals surface area contributed by atoms with Gasteiger partial charge in [-0.15, -0.1) is 13.2 Å². The van der Waals surface area contributed by atoms with Crippen molar-refractivity contribution in [2.45, 2.75) is 18.8 Å². The van der Waals surface area contributed by atoms with Gasteiger partial charge in [-0.05, 0) is 30.2 Å². The van der Waals surface area contributed by atoms with Gasteiger partial charge in [-0.3, -0.25) is 0 Å². The van der Waals surface area contributed by atoms with Crippen LogP contribution in [0.1, 0.15) is 17.2 Å². The molecule has 0 aliphatic carbocycles. The van der Waals surface area contributed by atoms with Crippen molar-refractivity contribution in [2.24, 2.45) is 5.73 Å². The van der Waals surface area contributed by atoms with Crippen molar-refractivity contribution < 1.29 is 17.9 Å². The van der Waals surface area contributed by atoms with Crippen molar-refractivity contribution in [1.29, 1.82) is 0 Å². The fourth-order valence-corrected chi connectivity index (χ4v) is 2.25. The van der Waals surface area contributed by atoms with E-state index in [2.05, 4.69) is 4.74 Å². The summed E-state index contributed by atoms with van der Waals surface area (Å²) in [6, 6.07) is 12.3. The lowest BCUT2D eigenvalue weighted by molar-refractivity contribution is -0.275. The van der Waals surface area contributed by atoms with Gasteiger partial charge in [0.1, 0.15) is 5.75 Å². The molecule has 2 nitrogen and oxygen atoms in total. The molecule has 2 aromatic rings. The molecule has 0 saturated carbocycles. The number of para-hydroxylation sites is 1. The minimum atomic E-state index is -4.74. The predicted molar refractivity (Wildman–Crippen MR) is 75.2 cm³/mol. The van der Waals surface area contributed by atoms with Crippen LogP contribution < -0.4 is 10.5 Å². The van der Waals surface area contributed by atoms with Crippen molar-refractivity contribution in [1.82, 2.24) is 0 Å². The van der Waals surface area contributed by atoms with Gasteiger partial charge in [-0.25, -0.2) is 0 Å². The second kappa shape index (κ2) is 6.37. The zero-order valence-electron chi connectivity index (χ0n) is 10.9. The average molecular weight is 316 g/mol. The zero-order chi connectivity index (χ0) is 15.5. The summed E-state index contributed by atoms with van der Waals surface area (Å²) in [4.78, 5) is 0. The van der Waals surface area contributed by atoms with E-state index in [1.165, 1.54) is 18.2 Å². The Morgan fingerprint density at radius 2 is 1.81 bits per heavy atom. The molecule has 1 atom stereocenters. The van der Waals surface area contributed by atoms with E-state index in [0.717, 1.165) is 5.56 Å². The molecule has 2 N–H and O–H groups in total. The van der Waals surface area contributed by atoms with Crippen LogP contribution in [0.4, 0.5) is 13.2 Å². The Morgan fingerprint density at radius 3 is 2.48 bits per heavy atom. The Morgan fingerprint density at radius 1 is 1.10 bits per heavy atom. The number of ether oxygens (including phenoxy) is 1. The molecule has 0 bridgehead atoms. The lowest BCUT2D eigenvalue weighted by Gasteiger charge is -2.18. The second-order valence-corrected chi connectivity index (χ2v) is 4.96. The minimum absolute atomic E-state index is 0.278. The summed E-state index contributed by atoms with van der Waals surface area (Å²) >= 11 is 5.88. The Hall–Kier alpha value is -1.72. The van der Waals surface area contributed by atoms with Crippen LogP contribution in [0.2, 0.25) is 5.02 Å². The maximum Gasteiger partial charge on any atom is 0.573 e. The lowest BCUT2D eigenvalue weighted by Crippen LogP contribution is -2.21. The molecule has 0 aliphatic rings. The summed E-state index contributed by atoms with van der Waals surface area (Å²) in [5, 5.41) is 0.555. The fraction of sp³-hybridized carbons (Fsp3) is 0.200. The van der Waals surface area contributed by atoms with E-state index in [4.69, 9.17) is 17.3 Å². The Balaban J connectivity index is 2.21. The highest BCUT2D eigenvalue weighted by Gasteiger charge is 2.32. The molecule has 0 aliphatic heterocycles. The van der Waals surface area contributed by atoms with Gasteiger partial charge in [0.15, 0.2) is 0 Å². The quantitative estimate of drug-likeness (QED) is 0.902. The van der Waals surface area contributed by atoms with E-state index in [-0.39, 0.29) is 5.75 Å². The van der Waals surface area contributed by atoms with E-state index in [9.17, 15) is 13.2 Å². The van der Waals surface area contributed by atoms with Crippen molar-refractivity contribution >= 4 is 11.6 Å². The summed E-state index contributed by atoms with van der Waals surface area (Å²) < 4.78 is 41.2. The number of rotatable bonds is 4. The first-order chi connectivity index (χ1) is 9.85. The predicted octanol–water partition coefficient (Wildman–Crippen LogP) is 4.48. The fourth-order valence-electron chi connectivity index (χ4n) is 2.03. The second-order valence-electron chi connectivity index (χ2n) is 4.53. The van der Waals surface area contributed by atoms with E-state index in [1.54, 1.807) is 24.3 Å². The molecule has 0 aromatic heterocycles. The Bertz CT molecular complexity index is 616. The first-order valence-electron chi connectivity index (χ1n) is 6.20. The van der Waals surface area contributed by atoms with Gasteiger partial charge in [0.05, 0.1) is 0 Å². The first-order valence-corrected chi connectivity index (χ1v) is 6.57. The Kier molecular flexibility index (Phi) is 4.75. The molecular weight excluding hydrogens is 303 g/mol. The number of hydrogen-bond donors (Lipinski definition) is 1. The third kappa shape index (κ3) is 4.65.